The number of carboxylic acids is 1. The zero-order valence-corrected chi connectivity index (χ0v) is 15.0. The first-order chi connectivity index (χ1) is 10.1. The van der Waals surface area contributed by atoms with Crippen LogP contribution in [0.2, 0.25) is 0 Å². The van der Waals surface area contributed by atoms with Crippen LogP contribution in [0.1, 0.15) is 92.4 Å². The molecule has 0 aliphatic carbocycles. The molecule has 0 aromatic carbocycles. The molecule has 6 heteroatoms. The number of carbonyl (C=O) groups is 2. The van der Waals surface area contributed by atoms with E-state index in [4.69, 9.17) is 9.84 Å². The molecule has 0 aromatic rings. The average Bonchev–Trinajstić information content (AvgIpc) is 2.35. The third-order valence-electron chi connectivity index (χ3n) is 4.48. The third kappa shape index (κ3) is 13.4. The van der Waals surface area contributed by atoms with Crippen molar-refractivity contribution in [1.82, 2.24) is 0 Å². The van der Waals surface area contributed by atoms with Crippen LogP contribution >= 0.6 is 0 Å². The zero-order chi connectivity index (χ0) is 17.2. The Morgan fingerprint density at radius 3 is 1.79 bits per heavy atom. The molecule has 134 valence electrons. The van der Waals surface area contributed by atoms with Crippen molar-refractivity contribution in [1.29, 1.82) is 0 Å². The van der Waals surface area contributed by atoms with Crippen LogP contribution in [0, 0.1) is 5.41 Å². The van der Waals surface area contributed by atoms with Crippen molar-refractivity contribution in [3.05, 3.63) is 0 Å². The van der Waals surface area contributed by atoms with Gasteiger partial charge in [0.25, 0.3) is 0 Å². The molecule has 1 N–H and O–H groups in total. The molecule has 0 spiro atoms. The Hall–Kier alpha value is 1.17. The van der Waals surface area contributed by atoms with Crippen molar-refractivity contribution in [3.63, 3.8) is 0 Å². The topological polar surface area (TPSA) is 63.6 Å². The van der Waals surface area contributed by atoms with Gasteiger partial charge in [0.1, 0.15) is 12.0 Å². The van der Waals surface area contributed by atoms with Gasteiger partial charge in [-0.25, -0.2) is 0 Å². The Morgan fingerprint density at radius 1 is 0.917 bits per heavy atom. The Morgan fingerprint density at radius 2 is 1.38 bits per heavy atom. The van der Waals surface area contributed by atoms with E-state index in [-0.39, 0.29) is 75.7 Å². The number of unbranched alkanes of at least 4 members (excludes halogenated alkanes) is 6. The summed E-state index contributed by atoms with van der Waals surface area (Å²) in [5, 5.41) is 8.70. The van der Waals surface area contributed by atoms with Gasteiger partial charge in [-0.05, 0) is 19.8 Å². The molecule has 24 heavy (non-hydrogen) atoms. The van der Waals surface area contributed by atoms with Gasteiger partial charge in [-0.1, -0.05) is 66.2 Å². The molecular weight excluding hydrogens is 326 g/mol. The van der Waals surface area contributed by atoms with Crippen molar-refractivity contribution in [2.45, 2.75) is 98.0 Å². The van der Waals surface area contributed by atoms with Gasteiger partial charge in [-0.3, -0.25) is 9.59 Å². The second-order valence-corrected chi connectivity index (χ2v) is 7.40. The summed E-state index contributed by atoms with van der Waals surface area (Å²) in [7, 11) is 0. The number of esters is 1. The molecule has 0 heterocycles. The van der Waals surface area contributed by atoms with Crippen molar-refractivity contribution in [2.75, 3.05) is 0 Å². The van der Waals surface area contributed by atoms with E-state index in [0.29, 0.717) is 0 Å². The minimum atomic E-state index is -1.14. The molecule has 0 bridgehead atoms. The maximum atomic E-state index is 11.7. The molecule has 0 fully saturated rings. The number of hydrogen-bond acceptors (Lipinski definition) is 3. The van der Waals surface area contributed by atoms with Crippen LogP contribution < -0.4 is 0 Å². The number of hydrogen-bond donors (Lipinski definition) is 1. The molecule has 0 radical (unpaired) electrons. The van der Waals surface area contributed by atoms with Gasteiger partial charge >= 0.3 is 82.2 Å². The quantitative estimate of drug-likeness (QED) is 0.264. The normalized spacial score (nSPS) is 13.2. The Bertz CT molecular complexity index is 355. The van der Waals surface area contributed by atoms with Gasteiger partial charge in [0.05, 0.1) is 0 Å². The summed E-state index contributed by atoms with van der Waals surface area (Å²) >= 11 is 0. The van der Waals surface area contributed by atoms with Gasteiger partial charge in [0.15, 0.2) is 0 Å². The predicted molar refractivity (Wildman–Crippen MR) is 103 cm³/mol. The minimum absolute atomic E-state index is 0. The SMILES string of the molecule is CCCCCCCCCC(C)(OC(=O)CC(=O)O)C(C)(C)C.[KH].[LiH]. The van der Waals surface area contributed by atoms with Crippen LogP contribution in [0.5, 0.6) is 0 Å². The first-order valence-corrected chi connectivity index (χ1v) is 8.56. The number of carbonyl (C=O) groups excluding carboxylic acids is 1. The van der Waals surface area contributed by atoms with Gasteiger partial charge in [0, 0.05) is 5.41 Å². The van der Waals surface area contributed by atoms with Gasteiger partial charge in [-0.15, -0.1) is 0 Å². The summed E-state index contributed by atoms with van der Waals surface area (Å²) in [4.78, 5) is 22.3. The van der Waals surface area contributed by atoms with Crippen molar-refractivity contribution in [3.8, 4) is 0 Å². The zero-order valence-electron chi connectivity index (χ0n) is 15.0. The molecular formula is C18H36KLiO4. The Balaban J connectivity index is -0.00000220. The van der Waals surface area contributed by atoms with E-state index in [1.165, 1.54) is 32.1 Å². The summed E-state index contributed by atoms with van der Waals surface area (Å²) in [6.45, 7) is 10.2. The second-order valence-electron chi connectivity index (χ2n) is 7.40. The van der Waals surface area contributed by atoms with Crippen LogP contribution in [-0.4, -0.2) is 92.9 Å². The summed E-state index contributed by atoms with van der Waals surface area (Å²) < 4.78 is 5.54. The van der Waals surface area contributed by atoms with E-state index in [0.717, 1.165) is 19.3 Å². The molecule has 0 saturated carbocycles. The maximum absolute atomic E-state index is 11.7. The number of ether oxygens (including phenoxy) is 1. The van der Waals surface area contributed by atoms with E-state index >= 15 is 0 Å². The number of carboxylic acid groups (broad SMARTS) is 1. The summed E-state index contributed by atoms with van der Waals surface area (Å²) in [6, 6.07) is 0. The fourth-order valence-electron chi connectivity index (χ4n) is 2.41. The van der Waals surface area contributed by atoms with E-state index in [2.05, 4.69) is 6.92 Å². The Labute approximate surface area is 202 Å². The first kappa shape index (κ1) is 29.9. The van der Waals surface area contributed by atoms with Gasteiger partial charge in [0.2, 0.25) is 0 Å². The second kappa shape index (κ2) is 15.3. The molecule has 0 aromatic heterocycles. The van der Waals surface area contributed by atoms with Crippen molar-refractivity contribution >= 4 is 82.2 Å². The molecule has 4 nitrogen and oxygen atoms in total. The molecule has 0 saturated heterocycles. The number of aliphatic carboxylic acids is 1. The van der Waals surface area contributed by atoms with Crippen LogP contribution in [0.15, 0.2) is 0 Å². The molecule has 0 rings (SSSR count). The average molecular weight is 363 g/mol. The standard InChI is InChI=1S/C18H34O4.K.Li.2H/c1-6-7-8-9-10-11-12-13-18(5,17(2,3)4)22-16(21)14-15(19)20;;;;/h6-14H2,1-5H3,(H,19,20);;;;. The van der Waals surface area contributed by atoms with Crippen LogP contribution in [0.4, 0.5) is 0 Å². The molecule has 0 aliphatic rings. The molecule has 1 atom stereocenters. The molecule has 0 aliphatic heterocycles. The van der Waals surface area contributed by atoms with Crippen LogP contribution in [-0.2, 0) is 14.3 Å². The van der Waals surface area contributed by atoms with Crippen molar-refractivity contribution in [2.24, 2.45) is 5.41 Å². The third-order valence-corrected chi connectivity index (χ3v) is 4.48. The van der Waals surface area contributed by atoms with E-state index in [1.54, 1.807) is 0 Å². The van der Waals surface area contributed by atoms with E-state index in [1.807, 2.05) is 27.7 Å². The summed E-state index contributed by atoms with van der Waals surface area (Å²) in [5.74, 6) is -1.79. The van der Waals surface area contributed by atoms with Crippen molar-refractivity contribution < 1.29 is 19.4 Å². The fourth-order valence-corrected chi connectivity index (χ4v) is 2.41. The number of rotatable bonds is 11. The first-order valence-electron chi connectivity index (χ1n) is 8.56. The predicted octanol–water partition coefficient (Wildman–Crippen LogP) is 3.65. The fraction of sp³-hybridized carbons (Fsp3) is 0.889. The van der Waals surface area contributed by atoms with E-state index < -0.39 is 24.0 Å². The van der Waals surface area contributed by atoms with Crippen LogP contribution in [0.3, 0.4) is 0 Å². The summed E-state index contributed by atoms with van der Waals surface area (Å²) in [5.41, 5.74) is -0.841. The Kier molecular flexibility index (Phi) is 19.0. The molecule has 1 unspecified atom stereocenters. The van der Waals surface area contributed by atoms with Gasteiger partial charge < -0.3 is 9.84 Å². The van der Waals surface area contributed by atoms with Gasteiger partial charge in [-0.2, -0.15) is 0 Å². The summed E-state index contributed by atoms with van der Waals surface area (Å²) in [6.07, 6.45) is 8.65. The monoisotopic (exact) mass is 362 g/mol. The van der Waals surface area contributed by atoms with E-state index in [9.17, 15) is 9.59 Å². The molecule has 0 amide bonds. The van der Waals surface area contributed by atoms with Crippen LogP contribution in [0.25, 0.3) is 0 Å².